The second kappa shape index (κ2) is 6.47. The van der Waals surface area contributed by atoms with E-state index in [0.717, 1.165) is 45.8 Å². The van der Waals surface area contributed by atoms with Gasteiger partial charge in [-0.15, -0.1) is 0 Å². The summed E-state index contributed by atoms with van der Waals surface area (Å²) in [5.74, 6) is 0.736. The number of carbonyl (C=O) groups is 1. The van der Waals surface area contributed by atoms with Crippen LogP contribution in [0.5, 0.6) is 5.75 Å². The van der Waals surface area contributed by atoms with Gasteiger partial charge in [0.15, 0.2) is 0 Å². The number of ether oxygens (including phenoxy) is 1. The van der Waals surface area contributed by atoms with Crippen LogP contribution in [0, 0.1) is 0 Å². The first-order valence-electron chi connectivity index (χ1n) is 7.35. The van der Waals surface area contributed by atoms with Gasteiger partial charge in [-0.2, -0.15) is 0 Å². The summed E-state index contributed by atoms with van der Waals surface area (Å²) in [5.41, 5.74) is 1.16. The Hall–Kier alpha value is -1.26. The third kappa shape index (κ3) is 3.73. The van der Waals surface area contributed by atoms with Crippen molar-refractivity contribution in [1.82, 2.24) is 5.32 Å². The van der Waals surface area contributed by atoms with Crippen LogP contribution in [0.4, 0.5) is 0 Å². The molecule has 1 N–H and O–H groups in total. The van der Waals surface area contributed by atoms with Crippen molar-refractivity contribution in [2.24, 2.45) is 0 Å². The highest BCUT2D eigenvalue weighted by Crippen LogP contribution is 2.37. The largest absolute Gasteiger partial charge is 0.489 e. The number of hydrogen-bond acceptors (Lipinski definition) is 2. The molecule has 1 aliphatic carbocycles. The Kier molecular flexibility index (Phi) is 4.59. The summed E-state index contributed by atoms with van der Waals surface area (Å²) in [7, 11) is 0. The first-order valence-corrected chi connectivity index (χ1v) is 8.53. The molecule has 22 heavy (non-hydrogen) atoms. The van der Waals surface area contributed by atoms with Crippen molar-refractivity contribution in [2.75, 3.05) is 6.54 Å². The maximum absolute atomic E-state index is 11.0. The summed E-state index contributed by atoms with van der Waals surface area (Å²) < 4.78 is 6.88. The number of hydrogen-bond donors (Lipinski definition) is 1. The molecule has 3 nitrogen and oxygen atoms in total. The van der Waals surface area contributed by atoms with Crippen LogP contribution in [-0.2, 0) is 11.2 Å². The first-order chi connectivity index (χ1) is 10.5. The molecule has 0 aromatic heterocycles. The number of rotatable bonds is 5. The topological polar surface area (TPSA) is 38.3 Å². The van der Waals surface area contributed by atoms with Crippen LogP contribution in [0.2, 0.25) is 5.02 Å². The van der Waals surface area contributed by atoms with Crippen LogP contribution in [0.25, 0.3) is 10.8 Å². The van der Waals surface area contributed by atoms with Gasteiger partial charge in [-0.1, -0.05) is 27.5 Å². The summed E-state index contributed by atoms with van der Waals surface area (Å²) >= 11 is 9.86. The van der Waals surface area contributed by atoms with Crippen LogP contribution >= 0.6 is 27.5 Å². The van der Waals surface area contributed by atoms with E-state index < -0.39 is 0 Å². The fraction of sp³-hybridized carbons (Fsp3) is 0.353. The van der Waals surface area contributed by atoms with Gasteiger partial charge in [0, 0.05) is 17.9 Å². The van der Waals surface area contributed by atoms with Gasteiger partial charge in [0.25, 0.3) is 0 Å². The van der Waals surface area contributed by atoms with E-state index in [2.05, 4.69) is 27.3 Å². The number of benzene rings is 2. The van der Waals surface area contributed by atoms with Gasteiger partial charge in [-0.25, -0.2) is 0 Å². The molecule has 0 bridgehead atoms. The molecule has 0 saturated heterocycles. The number of fused-ring (bicyclic) bond motifs is 1. The molecule has 1 saturated carbocycles. The van der Waals surface area contributed by atoms with E-state index in [1.165, 1.54) is 6.92 Å². The Morgan fingerprint density at radius 1 is 1.36 bits per heavy atom. The standard InChI is InChI=1S/C17H17BrClNO2/c1-10(21)20-5-4-11-6-13(18)7-12-8-16(19)17(9-15(11)12)22-14-2-3-14/h6-9,14H,2-5H2,1H3,(H,20,21). The third-order valence-corrected chi connectivity index (χ3v) is 4.40. The van der Waals surface area contributed by atoms with Crippen molar-refractivity contribution in [3.63, 3.8) is 0 Å². The third-order valence-electron chi connectivity index (χ3n) is 3.64. The van der Waals surface area contributed by atoms with Gasteiger partial charge in [0.05, 0.1) is 11.1 Å². The number of amides is 1. The molecule has 3 rings (SSSR count). The highest BCUT2D eigenvalue weighted by molar-refractivity contribution is 9.10. The number of carbonyl (C=O) groups excluding carboxylic acids is 1. The zero-order valence-electron chi connectivity index (χ0n) is 12.3. The Balaban J connectivity index is 1.95. The molecule has 116 valence electrons. The van der Waals surface area contributed by atoms with E-state index in [9.17, 15) is 4.79 Å². The van der Waals surface area contributed by atoms with E-state index in [0.29, 0.717) is 17.7 Å². The highest BCUT2D eigenvalue weighted by atomic mass is 79.9. The van der Waals surface area contributed by atoms with Gasteiger partial charge in [0.2, 0.25) is 5.91 Å². The fourth-order valence-corrected chi connectivity index (χ4v) is 3.18. The quantitative estimate of drug-likeness (QED) is 0.828. The van der Waals surface area contributed by atoms with Crippen LogP contribution < -0.4 is 10.1 Å². The van der Waals surface area contributed by atoms with E-state index in [1.807, 2.05) is 18.2 Å². The molecule has 2 aromatic rings. The molecule has 1 aliphatic rings. The molecule has 0 atom stereocenters. The first kappa shape index (κ1) is 15.6. The summed E-state index contributed by atoms with van der Waals surface area (Å²) in [6, 6.07) is 8.09. The Labute approximate surface area is 143 Å². The maximum atomic E-state index is 11.0. The van der Waals surface area contributed by atoms with Gasteiger partial charge in [-0.3, -0.25) is 4.79 Å². The summed E-state index contributed by atoms with van der Waals surface area (Å²) in [6.45, 7) is 2.14. The van der Waals surface area contributed by atoms with Crippen LogP contribution in [0.1, 0.15) is 25.3 Å². The molecule has 5 heteroatoms. The monoisotopic (exact) mass is 381 g/mol. The van der Waals surface area contributed by atoms with Crippen LogP contribution in [-0.4, -0.2) is 18.6 Å². The van der Waals surface area contributed by atoms with Gasteiger partial charge < -0.3 is 10.1 Å². The lowest BCUT2D eigenvalue weighted by Crippen LogP contribution is -2.22. The minimum atomic E-state index is -0.0138. The number of halogens is 2. The van der Waals surface area contributed by atoms with E-state index in [4.69, 9.17) is 16.3 Å². The normalized spacial score (nSPS) is 14.1. The van der Waals surface area contributed by atoms with Gasteiger partial charge in [-0.05, 0) is 59.9 Å². The van der Waals surface area contributed by atoms with Crippen molar-refractivity contribution >= 4 is 44.2 Å². The predicted molar refractivity (Wildman–Crippen MR) is 92.7 cm³/mol. The summed E-state index contributed by atoms with van der Waals surface area (Å²) in [4.78, 5) is 11.0. The molecule has 0 aliphatic heterocycles. The summed E-state index contributed by atoms with van der Waals surface area (Å²) in [5, 5.41) is 5.67. The minimum absolute atomic E-state index is 0.0138. The zero-order valence-corrected chi connectivity index (χ0v) is 14.6. The molecule has 0 unspecified atom stereocenters. The average Bonchev–Trinajstić information content (AvgIpc) is 3.23. The Morgan fingerprint density at radius 3 is 2.82 bits per heavy atom. The molecular weight excluding hydrogens is 366 g/mol. The lowest BCUT2D eigenvalue weighted by Gasteiger charge is -2.12. The van der Waals surface area contributed by atoms with Crippen molar-refractivity contribution in [2.45, 2.75) is 32.3 Å². The second-order valence-electron chi connectivity index (χ2n) is 5.62. The van der Waals surface area contributed by atoms with Crippen molar-refractivity contribution in [3.05, 3.63) is 39.3 Å². The minimum Gasteiger partial charge on any atom is -0.489 e. The van der Waals surface area contributed by atoms with Crippen molar-refractivity contribution in [3.8, 4) is 5.75 Å². The van der Waals surface area contributed by atoms with E-state index in [-0.39, 0.29) is 5.91 Å². The maximum Gasteiger partial charge on any atom is 0.216 e. The van der Waals surface area contributed by atoms with Crippen molar-refractivity contribution < 1.29 is 9.53 Å². The van der Waals surface area contributed by atoms with Crippen LogP contribution in [0.3, 0.4) is 0 Å². The lowest BCUT2D eigenvalue weighted by atomic mass is 10.0. The molecule has 0 spiro atoms. The zero-order chi connectivity index (χ0) is 15.7. The number of nitrogens with one attached hydrogen (secondary N) is 1. The molecular formula is C17H17BrClNO2. The SMILES string of the molecule is CC(=O)NCCc1cc(Br)cc2cc(Cl)c(OC3CC3)cc12. The van der Waals surface area contributed by atoms with Crippen molar-refractivity contribution in [1.29, 1.82) is 0 Å². The van der Waals surface area contributed by atoms with E-state index in [1.54, 1.807) is 0 Å². The molecule has 1 fully saturated rings. The lowest BCUT2D eigenvalue weighted by molar-refractivity contribution is -0.118. The smallest absolute Gasteiger partial charge is 0.216 e. The molecule has 2 aromatic carbocycles. The second-order valence-corrected chi connectivity index (χ2v) is 6.94. The van der Waals surface area contributed by atoms with E-state index >= 15 is 0 Å². The fourth-order valence-electron chi connectivity index (χ4n) is 2.44. The summed E-state index contributed by atoms with van der Waals surface area (Å²) in [6.07, 6.45) is 3.28. The molecule has 0 radical (unpaired) electrons. The van der Waals surface area contributed by atoms with Gasteiger partial charge >= 0.3 is 0 Å². The molecule has 1 amide bonds. The Morgan fingerprint density at radius 2 is 2.14 bits per heavy atom. The highest BCUT2D eigenvalue weighted by Gasteiger charge is 2.24. The molecule has 0 heterocycles. The predicted octanol–water partition coefficient (Wildman–Crippen LogP) is 4.48. The average molecular weight is 383 g/mol. The van der Waals surface area contributed by atoms with Crippen LogP contribution in [0.15, 0.2) is 28.7 Å². The Bertz CT molecular complexity index is 728. The van der Waals surface area contributed by atoms with Gasteiger partial charge in [0.1, 0.15) is 5.75 Å².